The van der Waals surface area contributed by atoms with Crippen molar-refractivity contribution in [3.8, 4) is 79.0 Å². The van der Waals surface area contributed by atoms with Crippen molar-refractivity contribution in [1.29, 1.82) is 0 Å². The molecular formula is C55H34N4O. The van der Waals surface area contributed by atoms with E-state index < -0.39 is 5.41 Å². The van der Waals surface area contributed by atoms with E-state index in [9.17, 15) is 0 Å². The van der Waals surface area contributed by atoms with Crippen molar-refractivity contribution in [3.63, 3.8) is 0 Å². The first-order valence-electron chi connectivity index (χ1n) is 20.2. The molecule has 0 saturated heterocycles. The highest BCUT2D eigenvalue weighted by atomic mass is 16.5. The van der Waals surface area contributed by atoms with Gasteiger partial charge >= 0.3 is 0 Å². The molecule has 1 aliphatic carbocycles. The van der Waals surface area contributed by atoms with Crippen LogP contribution in [-0.4, -0.2) is 19.9 Å². The number of rotatable bonds is 5. The third-order valence-corrected chi connectivity index (χ3v) is 12.1. The first-order valence-corrected chi connectivity index (χ1v) is 20.2. The summed E-state index contributed by atoms with van der Waals surface area (Å²) < 4.78 is 6.90. The molecule has 60 heavy (non-hydrogen) atoms. The average Bonchev–Trinajstić information content (AvgIpc) is 3.62. The maximum absolute atomic E-state index is 6.90. The van der Waals surface area contributed by atoms with Gasteiger partial charge in [0.25, 0.3) is 0 Å². The molecule has 0 N–H and O–H groups in total. The zero-order chi connectivity index (χ0) is 39.6. The number of aromatic nitrogens is 4. The third-order valence-electron chi connectivity index (χ3n) is 12.1. The van der Waals surface area contributed by atoms with E-state index in [0.717, 1.165) is 72.5 Å². The zero-order valence-electron chi connectivity index (χ0n) is 32.3. The summed E-state index contributed by atoms with van der Waals surface area (Å²) >= 11 is 0. The largest absolute Gasteiger partial charge is 0.457 e. The molecular weight excluding hydrogens is 733 g/mol. The Hall–Kier alpha value is -8.02. The Morgan fingerprint density at radius 1 is 0.333 bits per heavy atom. The van der Waals surface area contributed by atoms with Crippen LogP contribution in [0.25, 0.3) is 78.4 Å². The van der Waals surface area contributed by atoms with Gasteiger partial charge in [-0.1, -0.05) is 170 Å². The zero-order valence-corrected chi connectivity index (χ0v) is 32.3. The van der Waals surface area contributed by atoms with Gasteiger partial charge < -0.3 is 4.74 Å². The van der Waals surface area contributed by atoms with E-state index in [2.05, 4.69) is 133 Å². The van der Waals surface area contributed by atoms with Crippen molar-refractivity contribution in [2.75, 3.05) is 0 Å². The summed E-state index contributed by atoms with van der Waals surface area (Å²) in [6, 6.07) is 70.2. The van der Waals surface area contributed by atoms with E-state index in [0.29, 0.717) is 17.5 Å². The number of nitrogens with zero attached hydrogens (tertiary/aromatic N) is 4. The maximum atomic E-state index is 6.90. The van der Waals surface area contributed by atoms with E-state index in [1.165, 1.54) is 22.3 Å². The van der Waals surface area contributed by atoms with Crippen LogP contribution in [0, 0.1) is 0 Å². The third kappa shape index (κ3) is 5.26. The van der Waals surface area contributed by atoms with Gasteiger partial charge in [0.2, 0.25) is 0 Å². The van der Waals surface area contributed by atoms with Crippen LogP contribution in [0.4, 0.5) is 0 Å². The predicted molar refractivity (Wildman–Crippen MR) is 240 cm³/mol. The lowest BCUT2D eigenvalue weighted by Crippen LogP contribution is -2.32. The van der Waals surface area contributed by atoms with Crippen LogP contribution in [0.1, 0.15) is 22.3 Å². The lowest BCUT2D eigenvalue weighted by atomic mass is 9.65. The smallest absolute Gasteiger partial charge is 0.164 e. The molecule has 5 heteroatoms. The van der Waals surface area contributed by atoms with Gasteiger partial charge in [-0.05, 0) is 69.3 Å². The second kappa shape index (κ2) is 13.5. The summed E-state index contributed by atoms with van der Waals surface area (Å²) in [6.07, 6.45) is 1.87. The Kier molecular flexibility index (Phi) is 7.69. The fraction of sp³-hybridized carbons (Fsp3) is 0.0182. The average molecular weight is 767 g/mol. The lowest BCUT2D eigenvalue weighted by Gasteiger charge is -2.40. The van der Waals surface area contributed by atoms with Crippen LogP contribution in [0.2, 0.25) is 0 Å². The van der Waals surface area contributed by atoms with Gasteiger partial charge in [-0.2, -0.15) is 0 Å². The van der Waals surface area contributed by atoms with E-state index in [1.54, 1.807) is 0 Å². The molecule has 5 nitrogen and oxygen atoms in total. The monoisotopic (exact) mass is 766 g/mol. The minimum Gasteiger partial charge on any atom is -0.457 e. The van der Waals surface area contributed by atoms with Gasteiger partial charge in [0.15, 0.2) is 17.5 Å². The number of para-hydroxylation sites is 1. The molecule has 3 heterocycles. The van der Waals surface area contributed by atoms with E-state index in [-0.39, 0.29) is 0 Å². The minimum atomic E-state index is -0.632. The number of pyridine rings is 1. The molecule has 0 radical (unpaired) electrons. The van der Waals surface area contributed by atoms with Crippen LogP contribution in [0.3, 0.4) is 0 Å². The molecule has 0 unspecified atom stereocenters. The molecule has 0 amide bonds. The fourth-order valence-corrected chi connectivity index (χ4v) is 9.34. The quantitative estimate of drug-likeness (QED) is 0.175. The van der Waals surface area contributed by atoms with E-state index in [1.807, 2.05) is 72.9 Å². The molecule has 1 spiro atoms. The summed E-state index contributed by atoms with van der Waals surface area (Å²) in [5, 5.41) is 1.11. The lowest BCUT2D eigenvalue weighted by molar-refractivity contribution is 0.436. The SMILES string of the molecule is c1ccc(-c2nc(-c3ccccc3)nc(-c3ccc(-c4ccc5c(c4)C4(c6cc(-c7cccc8cccnc78)ccc6O5)c5ccccc5-c5ccccc54)cc3)n2)cc1. The normalized spacial score (nSPS) is 12.9. The number of hydrogen-bond donors (Lipinski definition) is 0. The Bertz CT molecular complexity index is 3180. The van der Waals surface area contributed by atoms with Crippen molar-refractivity contribution in [3.05, 3.63) is 229 Å². The number of benzene rings is 8. The molecule has 2 aromatic heterocycles. The molecule has 10 aromatic rings. The van der Waals surface area contributed by atoms with E-state index >= 15 is 0 Å². The van der Waals surface area contributed by atoms with Gasteiger partial charge in [0, 0.05) is 45.0 Å². The Morgan fingerprint density at radius 3 is 1.42 bits per heavy atom. The second-order valence-electron chi connectivity index (χ2n) is 15.4. The van der Waals surface area contributed by atoms with Crippen LogP contribution in [-0.2, 0) is 5.41 Å². The van der Waals surface area contributed by atoms with Crippen molar-refractivity contribution in [2.45, 2.75) is 5.41 Å². The first-order chi connectivity index (χ1) is 29.7. The minimum absolute atomic E-state index is 0.625. The number of hydrogen-bond acceptors (Lipinski definition) is 5. The summed E-state index contributed by atoms with van der Waals surface area (Å²) in [6.45, 7) is 0. The highest BCUT2D eigenvalue weighted by molar-refractivity contribution is 5.95. The van der Waals surface area contributed by atoms with E-state index in [4.69, 9.17) is 24.7 Å². The summed E-state index contributed by atoms with van der Waals surface area (Å²) in [5.74, 6) is 3.60. The molecule has 12 rings (SSSR count). The number of ether oxygens (including phenoxy) is 1. The van der Waals surface area contributed by atoms with Crippen LogP contribution >= 0.6 is 0 Å². The molecule has 2 aliphatic rings. The van der Waals surface area contributed by atoms with Crippen molar-refractivity contribution >= 4 is 10.9 Å². The number of fused-ring (bicyclic) bond motifs is 10. The molecule has 0 fully saturated rings. The van der Waals surface area contributed by atoms with Crippen LogP contribution in [0.15, 0.2) is 206 Å². The second-order valence-corrected chi connectivity index (χ2v) is 15.4. The fourth-order valence-electron chi connectivity index (χ4n) is 9.34. The molecule has 1 aliphatic heterocycles. The van der Waals surface area contributed by atoms with Gasteiger partial charge in [0.05, 0.1) is 10.9 Å². The Balaban J connectivity index is 1.02. The maximum Gasteiger partial charge on any atom is 0.164 e. The first kappa shape index (κ1) is 34.1. The van der Waals surface area contributed by atoms with Crippen molar-refractivity contribution < 1.29 is 4.74 Å². The highest BCUT2D eigenvalue weighted by Gasteiger charge is 2.51. The molecule has 280 valence electrons. The standard InChI is InChI=1S/C55H34N4O/c1-3-13-37(14-4-1)52-57-53(38-15-5-2-6-16-38)59-54(58-52)39-26-24-35(25-27-39)40-28-30-49-47(33-40)55(45-22-9-7-19-43(45)44-20-8-10-23-46(44)55)48-34-41(29-31-50(48)60-49)42-21-11-17-36-18-12-32-56-51(36)42/h1-34H. The van der Waals surface area contributed by atoms with Gasteiger partial charge in [-0.15, -0.1) is 0 Å². The molecule has 0 bridgehead atoms. The van der Waals surface area contributed by atoms with Crippen LogP contribution in [0.5, 0.6) is 11.5 Å². The summed E-state index contributed by atoms with van der Waals surface area (Å²) in [7, 11) is 0. The Morgan fingerprint density at radius 2 is 0.800 bits per heavy atom. The summed E-state index contributed by atoms with van der Waals surface area (Å²) in [4.78, 5) is 19.7. The van der Waals surface area contributed by atoms with Gasteiger partial charge in [-0.25, -0.2) is 15.0 Å². The molecule has 0 atom stereocenters. The van der Waals surface area contributed by atoms with Gasteiger partial charge in [0.1, 0.15) is 11.5 Å². The molecule has 0 saturated carbocycles. The van der Waals surface area contributed by atoms with Crippen LogP contribution < -0.4 is 4.74 Å². The van der Waals surface area contributed by atoms with Gasteiger partial charge in [-0.3, -0.25) is 4.98 Å². The summed E-state index contributed by atoms with van der Waals surface area (Å²) in [5.41, 5.74) is 14.7. The van der Waals surface area contributed by atoms with Crippen molar-refractivity contribution in [1.82, 2.24) is 19.9 Å². The highest BCUT2D eigenvalue weighted by Crippen LogP contribution is 2.62. The Labute approximate surface area is 347 Å². The predicted octanol–water partition coefficient (Wildman–Crippen LogP) is 13.2. The molecule has 8 aromatic carbocycles. The topological polar surface area (TPSA) is 60.8 Å². The van der Waals surface area contributed by atoms with Crippen molar-refractivity contribution in [2.24, 2.45) is 0 Å².